The summed E-state index contributed by atoms with van der Waals surface area (Å²) < 4.78 is 12.4. The molecule has 0 radical (unpaired) electrons. The van der Waals surface area contributed by atoms with Crippen molar-refractivity contribution in [3.63, 3.8) is 0 Å². The van der Waals surface area contributed by atoms with Crippen molar-refractivity contribution in [1.29, 1.82) is 0 Å². The van der Waals surface area contributed by atoms with Gasteiger partial charge in [0.1, 0.15) is 11.8 Å². The SMILES string of the molecule is Nc1ncnc2c1ncn2CCC(O)CP(=O)(O)O. The fourth-order valence-electron chi connectivity index (χ4n) is 1.72. The second-order valence-electron chi connectivity index (χ2n) is 4.16. The van der Waals surface area contributed by atoms with E-state index in [1.807, 2.05) is 0 Å². The highest BCUT2D eigenvalue weighted by Gasteiger charge is 2.19. The molecular weight excluding hydrogens is 273 g/mol. The number of imidazole rings is 1. The summed E-state index contributed by atoms with van der Waals surface area (Å²) in [5, 5.41) is 9.53. The van der Waals surface area contributed by atoms with Crippen molar-refractivity contribution < 1.29 is 19.5 Å². The van der Waals surface area contributed by atoms with E-state index in [0.29, 0.717) is 17.7 Å². The predicted molar refractivity (Wildman–Crippen MR) is 67.3 cm³/mol. The molecule has 10 heteroatoms. The molecule has 2 aromatic rings. The lowest BCUT2D eigenvalue weighted by Gasteiger charge is -2.11. The van der Waals surface area contributed by atoms with Gasteiger partial charge in [-0.05, 0) is 6.42 Å². The summed E-state index contributed by atoms with van der Waals surface area (Å²) in [5.41, 5.74) is 6.62. The maximum atomic E-state index is 10.7. The Hall–Kier alpha value is -1.54. The van der Waals surface area contributed by atoms with E-state index < -0.39 is 19.9 Å². The van der Waals surface area contributed by atoms with Gasteiger partial charge in [-0.25, -0.2) is 15.0 Å². The van der Waals surface area contributed by atoms with E-state index in [4.69, 9.17) is 15.5 Å². The number of fused-ring (bicyclic) bond motifs is 1. The molecule has 0 saturated carbocycles. The van der Waals surface area contributed by atoms with Crippen molar-refractivity contribution in [2.75, 3.05) is 11.9 Å². The van der Waals surface area contributed by atoms with Crippen molar-refractivity contribution in [1.82, 2.24) is 19.5 Å². The predicted octanol–water partition coefficient (Wildman–Crippen LogP) is -0.663. The number of aryl methyl sites for hydroxylation is 1. The monoisotopic (exact) mass is 287 g/mol. The highest BCUT2D eigenvalue weighted by atomic mass is 31.2. The Balaban J connectivity index is 2.06. The van der Waals surface area contributed by atoms with Gasteiger partial charge in [-0.1, -0.05) is 0 Å². The Morgan fingerprint density at radius 1 is 1.37 bits per heavy atom. The highest BCUT2D eigenvalue weighted by molar-refractivity contribution is 7.51. The summed E-state index contributed by atoms with van der Waals surface area (Å²) in [7, 11) is -4.20. The van der Waals surface area contributed by atoms with E-state index in [9.17, 15) is 9.67 Å². The Morgan fingerprint density at radius 3 is 2.79 bits per heavy atom. The van der Waals surface area contributed by atoms with Gasteiger partial charge in [0, 0.05) is 6.54 Å². The maximum absolute atomic E-state index is 10.7. The molecule has 1 unspecified atom stereocenters. The first-order valence-electron chi connectivity index (χ1n) is 5.51. The molecule has 1 atom stereocenters. The third-order valence-corrected chi connectivity index (χ3v) is 3.48. The Morgan fingerprint density at radius 2 is 2.11 bits per heavy atom. The first-order valence-corrected chi connectivity index (χ1v) is 7.30. The number of hydrogen-bond acceptors (Lipinski definition) is 6. The van der Waals surface area contributed by atoms with Crippen LogP contribution in [0.4, 0.5) is 5.82 Å². The van der Waals surface area contributed by atoms with E-state index in [0.717, 1.165) is 0 Å². The number of nitrogens with zero attached hydrogens (tertiary/aromatic N) is 4. The molecule has 0 spiro atoms. The van der Waals surface area contributed by atoms with Gasteiger partial charge in [-0.2, -0.15) is 0 Å². The van der Waals surface area contributed by atoms with Crippen LogP contribution in [0.3, 0.4) is 0 Å². The van der Waals surface area contributed by atoms with Gasteiger partial charge < -0.3 is 25.2 Å². The molecule has 0 bridgehead atoms. The second-order valence-corrected chi connectivity index (χ2v) is 5.85. The van der Waals surface area contributed by atoms with E-state index in [-0.39, 0.29) is 12.2 Å². The molecular formula is C9H14N5O4P. The Labute approximate surface area is 108 Å². The van der Waals surface area contributed by atoms with Gasteiger partial charge in [0.05, 0.1) is 18.6 Å². The number of hydrogen-bond donors (Lipinski definition) is 4. The zero-order chi connectivity index (χ0) is 14.0. The number of nitrogens with two attached hydrogens (primary N) is 1. The average Bonchev–Trinajstić information content (AvgIpc) is 2.69. The zero-order valence-electron chi connectivity index (χ0n) is 9.92. The van der Waals surface area contributed by atoms with Crippen molar-refractivity contribution in [2.24, 2.45) is 0 Å². The normalized spacial score (nSPS) is 13.8. The van der Waals surface area contributed by atoms with Crippen LogP contribution in [-0.4, -0.2) is 46.7 Å². The lowest BCUT2D eigenvalue weighted by Crippen LogP contribution is -2.15. The van der Waals surface area contributed by atoms with E-state index in [1.54, 1.807) is 4.57 Å². The molecule has 0 amide bonds. The summed E-state index contributed by atoms with van der Waals surface area (Å²) >= 11 is 0. The van der Waals surface area contributed by atoms with Gasteiger partial charge in [-0.3, -0.25) is 4.57 Å². The number of aliphatic hydroxyl groups is 1. The first kappa shape index (κ1) is 13.9. The van der Waals surface area contributed by atoms with Gasteiger partial charge in [0.25, 0.3) is 0 Å². The van der Waals surface area contributed by atoms with Crippen LogP contribution >= 0.6 is 7.60 Å². The Kier molecular flexibility index (Phi) is 3.81. The van der Waals surface area contributed by atoms with Gasteiger partial charge >= 0.3 is 7.60 Å². The molecule has 0 aliphatic heterocycles. The number of aliphatic hydroxyl groups excluding tert-OH is 1. The minimum atomic E-state index is -4.20. The molecule has 0 aliphatic rings. The lowest BCUT2D eigenvalue weighted by atomic mass is 10.3. The largest absolute Gasteiger partial charge is 0.392 e. The standard InChI is InChI=1S/C9H14N5O4P/c10-8-7-9(12-4-11-8)14(5-13-7)2-1-6(15)3-19(16,17)18/h4-6,15H,1-3H2,(H2,10,11,12)(H2,16,17,18). The van der Waals surface area contributed by atoms with Gasteiger partial charge in [0.2, 0.25) is 0 Å². The summed E-state index contributed by atoms with van der Waals surface area (Å²) in [6, 6.07) is 0. The van der Waals surface area contributed by atoms with E-state index in [2.05, 4.69) is 15.0 Å². The van der Waals surface area contributed by atoms with E-state index >= 15 is 0 Å². The fourth-order valence-corrected chi connectivity index (χ4v) is 2.45. The molecule has 104 valence electrons. The molecule has 0 aromatic carbocycles. The lowest BCUT2D eigenvalue weighted by molar-refractivity contribution is 0.173. The van der Waals surface area contributed by atoms with Crippen molar-refractivity contribution in [3.8, 4) is 0 Å². The average molecular weight is 287 g/mol. The Bertz CT molecular complexity index is 624. The van der Waals surface area contributed by atoms with E-state index in [1.165, 1.54) is 12.7 Å². The van der Waals surface area contributed by atoms with Crippen LogP contribution in [0.25, 0.3) is 11.2 Å². The minimum absolute atomic E-state index is 0.181. The van der Waals surface area contributed by atoms with Crippen LogP contribution < -0.4 is 5.73 Å². The molecule has 5 N–H and O–H groups in total. The van der Waals surface area contributed by atoms with Crippen LogP contribution in [0.15, 0.2) is 12.7 Å². The van der Waals surface area contributed by atoms with Crippen LogP contribution in [0.2, 0.25) is 0 Å². The van der Waals surface area contributed by atoms with Gasteiger partial charge in [0.15, 0.2) is 11.5 Å². The molecule has 19 heavy (non-hydrogen) atoms. The number of aromatic nitrogens is 4. The van der Waals surface area contributed by atoms with Crippen LogP contribution in [0, 0.1) is 0 Å². The first-order chi connectivity index (χ1) is 8.87. The molecule has 0 aliphatic carbocycles. The van der Waals surface area contributed by atoms with Gasteiger partial charge in [-0.15, -0.1) is 0 Å². The van der Waals surface area contributed by atoms with Crippen molar-refractivity contribution >= 4 is 24.6 Å². The molecule has 0 saturated heterocycles. The summed E-state index contributed by atoms with van der Waals surface area (Å²) in [4.78, 5) is 29.4. The number of nitrogen functional groups attached to an aromatic ring is 1. The second kappa shape index (κ2) is 5.22. The third kappa shape index (κ3) is 3.48. The topological polar surface area (TPSA) is 147 Å². The smallest absolute Gasteiger partial charge is 0.328 e. The minimum Gasteiger partial charge on any atom is -0.392 e. The molecule has 0 fully saturated rings. The van der Waals surface area contributed by atoms with Crippen LogP contribution in [0.5, 0.6) is 0 Å². The summed E-state index contributed by atoms with van der Waals surface area (Å²) in [6.07, 6.45) is 1.34. The van der Waals surface area contributed by atoms with Crippen molar-refractivity contribution in [3.05, 3.63) is 12.7 Å². The summed E-state index contributed by atoms with van der Waals surface area (Å²) in [6.45, 7) is 0.327. The highest BCUT2D eigenvalue weighted by Crippen LogP contribution is 2.35. The molecule has 2 rings (SSSR count). The fraction of sp³-hybridized carbons (Fsp3) is 0.444. The molecule has 2 heterocycles. The molecule has 9 nitrogen and oxygen atoms in total. The summed E-state index contributed by atoms with van der Waals surface area (Å²) in [5.74, 6) is 0.263. The zero-order valence-corrected chi connectivity index (χ0v) is 10.8. The molecule has 2 aromatic heterocycles. The third-order valence-electron chi connectivity index (χ3n) is 2.58. The van der Waals surface area contributed by atoms with Crippen LogP contribution in [0.1, 0.15) is 6.42 Å². The quantitative estimate of drug-likeness (QED) is 0.529. The maximum Gasteiger partial charge on any atom is 0.328 e. The number of anilines is 1. The van der Waals surface area contributed by atoms with Crippen LogP contribution in [-0.2, 0) is 11.1 Å². The van der Waals surface area contributed by atoms with Crippen molar-refractivity contribution in [2.45, 2.75) is 19.1 Å². The number of rotatable bonds is 5.